The van der Waals surface area contributed by atoms with Crippen LogP contribution in [0.4, 0.5) is 0 Å². The molecular formula is C20H16BrClN2O4. The highest BCUT2D eigenvalue weighted by atomic mass is 79.9. The second kappa shape index (κ2) is 9.43. The Labute approximate surface area is 175 Å². The predicted octanol–water partition coefficient (Wildman–Crippen LogP) is 4.90. The molecule has 0 aliphatic rings. The normalized spacial score (nSPS) is 10.8. The minimum absolute atomic E-state index is 0.205. The summed E-state index contributed by atoms with van der Waals surface area (Å²) in [4.78, 5) is 11.9. The third-order valence-electron chi connectivity index (χ3n) is 3.62. The summed E-state index contributed by atoms with van der Waals surface area (Å²) in [6.07, 6.45) is 1.41. The SMILES string of the molecule is COc1cc(Br)ccc1OCC(=O)NN=Cc1ccc(-c2ccc(Cl)cc2)o1. The summed E-state index contributed by atoms with van der Waals surface area (Å²) in [5.74, 6) is 1.75. The molecule has 8 heteroatoms. The first-order valence-corrected chi connectivity index (χ1v) is 9.36. The van der Waals surface area contributed by atoms with Gasteiger partial charge in [0.25, 0.3) is 5.91 Å². The molecular weight excluding hydrogens is 448 g/mol. The summed E-state index contributed by atoms with van der Waals surface area (Å²) in [6, 6.07) is 16.1. The van der Waals surface area contributed by atoms with Crippen LogP contribution in [0, 0.1) is 0 Å². The number of carbonyl (C=O) groups excluding carboxylic acids is 1. The lowest BCUT2D eigenvalue weighted by Gasteiger charge is -2.09. The standard InChI is InChI=1S/C20H16BrClN2O4/c1-26-19-10-14(21)4-8-18(19)27-12-20(25)24-23-11-16-7-9-17(28-16)13-2-5-15(22)6-3-13/h2-11H,12H2,1H3,(H,24,25). The zero-order chi connectivity index (χ0) is 19.9. The van der Waals surface area contributed by atoms with Gasteiger partial charge in [-0.1, -0.05) is 27.5 Å². The van der Waals surface area contributed by atoms with Gasteiger partial charge >= 0.3 is 0 Å². The monoisotopic (exact) mass is 462 g/mol. The molecule has 0 radical (unpaired) electrons. The Balaban J connectivity index is 1.52. The minimum Gasteiger partial charge on any atom is -0.493 e. The van der Waals surface area contributed by atoms with Crippen molar-refractivity contribution in [1.29, 1.82) is 0 Å². The molecule has 0 unspecified atom stereocenters. The summed E-state index contributed by atoms with van der Waals surface area (Å²) < 4.78 is 17.2. The van der Waals surface area contributed by atoms with E-state index in [2.05, 4.69) is 26.5 Å². The van der Waals surface area contributed by atoms with Crippen molar-refractivity contribution < 1.29 is 18.7 Å². The molecule has 0 saturated heterocycles. The largest absolute Gasteiger partial charge is 0.493 e. The first kappa shape index (κ1) is 20.0. The predicted molar refractivity (Wildman–Crippen MR) is 111 cm³/mol. The number of carbonyl (C=O) groups is 1. The molecule has 0 atom stereocenters. The van der Waals surface area contributed by atoms with Crippen molar-refractivity contribution >= 4 is 39.7 Å². The number of rotatable bonds is 7. The van der Waals surface area contributed by atoms with Crippen LogP contribution < -0.4 is 14.9 Å². The van der Waals surface area contributed by atoms with Crippen LogP contribution in [0.3, 0.4) is 0 Å². The minimum atomic E-state index is -0.411. The number of hydrogen-bond acceptors (Lipinski definition) is 5. The van der Waals surface area contributed by atoms with Crippen molar-refractivity contribution in [3.63, 3.8) is 0 Å². The first-order chi connectivity index (χ1) is 13.5. The van der Waals surface area contributed by atoms with Crippen LogP contribution in [0.5, 0.6) is 11.5 Å². The maximum atomic E-state index is 11.9. The molecule has 0 saturated carbocycles. The molecule has 144 valence electrons. The van der Waals surface area contributed by atoms with Gasteiger partial charge in [0.1, 0.15) is 11.5 Å². The number of methoxy groups -OCH3 is 1. The van der Waals surface area contributed by atoms with Crippen molar-refractivity contribution in [2.75, 3.05) is 13.7 Å². The smallest absolute Gasteiger partial charge is 0.277 e. The second-order valence-electron chi connectivity index (χ2n) is 5.59. The highest BCUT2D eigenvalue weighted by Crippen LogP contribution is 2.30. The van der Waals surface area contributed by atoms with Crippen molar-refractivity contribution in [2.45, 2.75) is 0 Å². The van der Waals surface area contributed by atoms with E-state index in [0.717, 1.165) is 10.0 Å². The van der Waals surface area contributed by atoms with Crippen LogP contribution in [0.15, 0.2) is 68.6 Å². The van der Waals surface area contributed by atoms with E-state index in [1.807, 2.05) is 18.2 Å². The van der Waals surface area contributed by atoms with Crippen LogP contribution in [-0.4, -0.2) is 25.8 Å². The maximum Gasteiger partial charge on any atom is 0.277 e. The van der Waals surface area contributed by atoms with Gasteiger partial charge in [-0.2, -0.15) is 5.10 Å². The summed E-state index contributed by atoms with van der Waals surface area (Å²) in [5.41, 5.74) is 3.28. The van der Waals surface area contributed by atoms with E-state index in [0.29, 0.717) is 28.0 Å². The van der Waals surface area contributed by atoms with Crippen molar-refractivity contribution in [1.82, 2.24) is 5.43 Å². The van der Waals surface area contributed by atoms with Gasteiger partial charge in [0.15, 0.2) is 18.1 Å². The van der Waals surface area contributed by atoms with Crippen LogP contribution in [0.25, 0.3) is 11.3 Å². The van der Waals surface area contributed by atoms with E-state index in [1.165, 1.54) is 13.3 Å². The van der Waals surface area contributed by atoms with Crippen LogP contribution in [0.2, 0.25) is 5.02 Å². The molecule has 2 aromatic carbocycles. The van der Waals surface area contributed by atoms with Crippen molar-refractivity contribution in [3.8, 4) is 22.8 Å². The van der Waals surface area contributed by atoms with Gasteiger partial charge in [-0.25, -0.2) is 5.43 Å². The number of ether oxygens (including phenoxy) is 2. The zero-order valence-electron chi connectivity index (χ0n) is 14.8. The Morgan fingerprint density at radius 3 is 2.71 bits per heavy atom. The molecule has 28 heavy (non-hydrogen) atoms. The third kappa shape index (κ3) is 5.37. The van der Waals surface area contributed by atoms with Gasteiger partial charge in [-0.15, -0.1) is 0 Å². The van der Waals surface area contributed by atoms with Gasteiger partial charge in [-0.3, -0.25) is 4.79 Å². The molecule has 1 N–H and O–H groups in total. The Hall–Kier alpha value is -2.77. The van der Waals surface area contributed by atoms with Gasteiger partial charge in [0.2, 0.25) is 0 Å². The van der Waals surface area contributed by atoms with Gasteiger partial charge < -0.3 is 13.9 Å². The molecule has 0 fully saturated rings. The third-order valence-corrected chi connectivity index (χ3v) is 4.37. The van der Waals surface area contributed by atoms with Gasteiger partial charge in [0.05, 0.1) is 13.3 Å². The molecule has 3 rings (SSSR count). The summed E-state index contributed by atoms with van der Waals surface area (Å²) in [7, 11) is 1.53. The van der Waals surface area contributed by atoms with Crippen LogP contribution in [0.1, 0.15) is 5.76 Å². The van der Waals surface area contributed by atoms with Crippen molar-refractivity contribution in [2.24, 2.45) is 5.10 Å². The van der Waals surface area contributed by atoms with E-state index in [-0.39, 0.29) is 6.61 Å². The fraction of sp³-hybridized carbons (Fsp3) is 0.100. The van der Waals surface area contributed by atoms with E-state index >= 15 is 0 Å². The number of hydrogen-bond donors (Lipinski definition) is 1. The molecule has 0 spiro atoms. The number of furan rings is 1. The molecule has 0 aliphatic heterocycles. The van der Waals surface area contributed by atoms with E-state index in [4.69, 9.17) is 25.5 Å². The molecule has 3 aromatic rings. The average molecular weight is 464 g/mol. The fourth-order valence-corrected chi connectivity index (χ4v) is 2.76. The molecule has 0 bridgehead atoms. The first-order valence-electron chi connectivity index (χ1n) is 8.19. The average Bonchev–Trinajstić information content (AvgIpc) is 3.16. The number of nitrogens with zero attached hydrogens (tertiary/aromatic N) is 1. The number of benzene rings is 2. The van der Waals surface area contributed by atoms with Crippen LogP contribution in [-0.2, 0) is 4.79 Å². The number of nitrogens with one attached hydrogen (secondary N) is 1. The molecule has 1 heterocycles. The second-order valence-corrected chi connectivity index (χ2v) is 6.94. The number of halogens is 2. The van der Waals surface area contributed by atoms with Crippen molar-refractivity contribution in [3.05, 3.63) is 69.9 Å². The Morgan fingerprint density at radius 2 is 1.96 bits per heavy atom. The molecule has 1 amide bonds. The summed E-state index contributed by atoms with van der Waals surface area (Å²) >= 11 is 9.22. The lowest BCUT2D eigenvalue weighted by Crippen LogP contribution is -2.24. The summed E-state index contributed by atoms with van der Waals surface area (Å²) in [5, 5.41) is 4.53. The Bertz CT molecular complexity index is 986. The Kier molecular flexibility index (Phi) is 6.73. The lowest BCUT2D eigenvalue weighted by atomic mass is 10.2. The van der Waals surface area contributed by atoms with E-state index in [9.17, 15) is 4.79 Å². The summed E-state index contributed by atoms with van der Waals surface area (Å²) in [6.45, 7) is -0.205. The fourth-order valence-electron chi connectivity index (χ4n) is 2.30. The molecule has 6 nitrogen and oxygen atoms in total. The van der Waals surface area contributed by atoms with E-state index in [1.54, 1.807) is 36.4 Å². The van der Waals surface area contributed by atoms with Gasteiger partial charge in [0, 0.05) is 15.1 Å². The lowest BCUT2D eigenvalue weighted by molar-refractivity contribution is -0.123. The zero-order valence-corrected chi connectivity index (χ0v) is 17.2. The van der Waals surface area contributed by atoms with Gasteiger partial charge in [-0.05, 0) is 54.6 Å². The van der Waals surface area contributed by atoms with Crippen LogP contribution >= 0.6 is 27.5 Å². The van der Waals surface area contributed by atoms with E-state index < -0.39 is 5.91 Å². The topological polar surface area (TPSA) is 73.1 Å². The highest BCUT2D eigenvalue weighted by Gasteiger charge is 2.08. The molecule has 0 aliphatic carbocycles. The highest BCUT2D eigenvalue weighted by molar-refractivity contribution is 9.10. The number of amides is 1. The quantitative estimate of drug-likeness (QED) is 0.399. The molecule has 1 aromatic heterocycles. The Morgan fingerprint density at radius 1 is 1.18 bits per heavy atom. The number of hydrazone groups is 1. The maximum absolute atomic E-state index is 11.9.